The van der Waals surface area contributed by atoms with Crippen molar-refractivity contribution in [2.24, 2.45) is 0 Å². The van der Waals surface area contributed by atoms with Crippen LogP contribution in [0.15, 0.2) is 36.4 Å². The first-order valence-corrected chi connectivity index (χ1v) is 10.6. The van der Waals surface area contributed by atoms with Gasteiger partial charge in [0.05, 0.1) is 5.69 Å². The second-order valence-electron chi connectivity index (χ2n) is 6.88. The Balaban J connectivity index is 2.06. The summed E-state index contributed by atoms with van der Waals surface area (Å²) in [5, 5.41) is 2.57. The van der Waals surface area contributed by atoms with E-state index in [4.69, 9.17) is 23.2 Å². The lowest BCUT2D eigenvalue weighted by Gasteiger charge is -2.34. The van der Waals surface area contributed by atoms with Crippen molar-refractivity contribution in [2.45, 2.75) is 12.5 Å². The fourth-order valence-corrected chi connectivity index (χ4v) is 4.98. The average molecular weight is 429 g/mol. The summed E-state index contributed by atoms with van der Waals surface area (Å²) in [6, 6.07) is 11.0. The Bertz CT molecular complexity index is 950. The maximum atomic E-state index is 12.3. The highest BCUT2D eigenvalue weighted by Gasteiger charge is 2.29. The van der Waals surface area contributed by atoms with Gasteiger partial charge in [0.1, 0.15) is 0 Å². The van der Waals surface area contributed by atoms with Crippen molar-refractivity contribution in [3.05, 3.63) is 63.1 Å². The van der Waals surface area contributed by atoms with E-state index in [-0.39, 0.29) is 5.92 Å². The van der Waals surface area contributed by atoms with Gasteiger partial charge in [-0.05, 0) is 41.9 Å². The lowest BCUT2D eigenvalue weighted by molar-refractivity contribution is 0.295. The summed E-state index contributed by atoms with van der Waals surface area (Å²) in [6.45, 7) is 1.45. The first kappa shape index (κ1) is 20.4. The number of hydrogen-bond acceptors (Lipinski definition) is 4. The highest BCUT2D eigenvalue weighted by atomic mass is 35.5. The van der Waals surface area contributed by atoms with Gasteiger partial charge in [-0.1, -0.05) is 41.4 Å². The van der Waals surface area contributed by atoms with Crippen LogP contribution in [-0.4, -0.2) is 46.0 Å². The number of para-hydroxylation sites is 1. The van der Waals surface area contributed by atoms with E-state index in [1.54, 1.807) is 32.3 Å². The quantitative estimate of drug-likeness (QED) is 0.716. The smallest absolute Gasteiger partial charge is 0.301 e. The Labute approximate surface area is 170 Å². The van der Waals surface area contributed by atoms with E-state index in [0.717, 1.165) is 29.8 Å². The topological polar surface area (TPSA) is 64.7 Å². The number of nitrogens with zero attached hydrogens (tertiary/aromatic N) is 2. The number of hydrogen-bond donors (Lipinski definition) is 2. The minimum absolute atomic E-state index is 0.0618. The number of benzene rings is 2. The molecule has 0 bridgehead atoms. The minimum Gasteiger partial charge on any atom is -0.301 e. The van der Waals surface area contributed by atoms with Crippen LogP contribution >= 0.6 is 23.2 Å². The molecule has 1 atom stereocenters. The third-order valence-corrected chi connectivity index (χ3v) is 6.03. The molecule has 3 rings (SSSR count). The van der Waals surface area contributed by atoms with E-state index in [1.165, 1.54) is 5.01 Å². The molecule has 146 valence electrons. The van der Waals surface area contributed by atoms with Crippen LogP contribution in [0.2, 0.25) is 10.0 Å². The molecule has 0 aromatic heterocycles. The lowest BCUT2D eigenvalue weighted by atomic mass is 9.84. The number of halogens is 2. The minimum atomic E-state index is -3.74. The van der Waals surface area contributed by atoms with Crippen molar-refractivity contribution < 1.29 is 8.42 Å². The number of likely N-dealkylation sites (N-methyl/N-ethyl adjacent to an activating group) is 1. The molecule has 1 aliphatic rings. The predicted octanol–water partition coefficient (Wildman–Crippen LogP) is 3.29. The summed E-state index contributed by atoms with van der Waals surface area (Å²) in [4.78, 5) is 4.55. The van der Waals surface area contributed by atoms with Crippen LogP contribution in [0.5, 0.6) is 0 Å². The SMILES string of the molecule is CN1Cc2c(Cl)cc(Cl)cc2C(c2ccccc2NS(=O)(=O)NN(C)C)C1. The van der Waals surface area contributed by atoms with Crippen molar-refractivity contribution in [3.8, 4) is 0 Å². The monoisotopic (exact) mass is 428 g/mol. The molecule has 0 aliphatic carbocycles. The molecule has 0 spiro atoms. The third kappa shape index (κ3) is 4.74. The predicted molar refractivity (Wildman–Crippen MR) is 110 cm³/mol. The van der Waals surface area contributed by atoms with Crippen LogP contribution in [0.3, 0.4) is 0 Å². The maximum absolute atomic E-state index is 12.3. The van der Waals surface area contributed by atoms with E-state index >= 15 is 0 Å². The lowest BCUT2D eigenvalue weighted by Crippen LogP contribution is -2.40. The number of rotatable bonds is 5. The summed E-state index contributed by atoms with van der Waals surface area (Å²) >= 11 is 12.7. The molecular formula is C18H22Cl2N4O2S. The van der Waals surface area contributed by atoms with Gasteiger partial charge in [-0.15, -0.1) is 4.83 Å². The van der Waals surface area contributed by atoms with Gasteiger partial charge in [0.15, 0.2) is 0 Å². The van der Waals surface area contributed by atoms with Crippen molar-refractivity contribution in [2.75, 3.05) is 32.4 Å². The average Bonchev–Trinajstić information content (AvgIpc) is 2.54. The van der Waals surface area contributed by atoms with Gasteiger partial charge in [-0.25, -0.2) is 5.01 Å². The highest BCUT2D eigenvalue weighted by Crippen LogP contribution is 2.40. The van der Waals surface area contributed by atoms with Crippen molar-refractivity contribution >= 4 is 39.1 Å². The molecule has 1 heterocycles. The fourth-order valence-electron chi connectivity index (χ4n) is 3.41. The van der Waals surface area contributed by atoms with E-state index in [2.05, 4.69) is 14.5 Å². The first-order valence-electron chi connectivity index (χ1n) is 8.39. The zero-order valence-electron chi connectivity index (χ0n) is 15.3. The third-order valence-electron chi connectivity index (χ3n) is 4.38. The van der Waals surface area contributed by atoms with Crippen LogP contribution in [0.25, 0.3) is 0 Å². The van der Waals surface area contributed by atoms with Crippen LogP contribution < -0.4 is 9.55 Å². The van der Waals surface area contributed by atoms with E-state index in [0.29, 0.717) is 15.7 Å². The maximum Gasteiger partial charge on any atom is 0.312 e. The van der Waals surface area contributed by atoms with Gasteiger partial charge < -0.3 is 4.90 Å². The highest BCUT2D eigenvalue weighted by molar-refractivity contribution is 7.90. The molecule has 0 amide bonds. The van der Waals surface area contributed by atoms with Gasteiger partial charge in [0.25, 0.3) is 0 Å². The van der Waals surface area contributed by atoms with Crippen LogP contribution in [-0.2, 0) is 16.8 Å². The Morgan fingerprint density at radius 3 is 2.56 bits per heavy atom. The van der Waals surface area contributed by atoms with Crippen molar-refractivity contribution in [3.63, 3.8) is 0 Å². The van der Waals surface area contributed by atoms with Crippen LogP contribution in [0, 0.1) is 0 Å². The van der Waals surface area contributed by atoms with Gasteiger partial charge in [0, 0.05) is 43.1 Å². The molecular weight excluding hydrogens is 407 g/mol. The van der Waals surface area contributed by atoms with E-state index < -0.39 is 10.2 Å². The summed E-state index contributed by atoms with van der Waals surface area (Å²) in [7, 11) is 1.50. The number of hydrazine groups is 1. The standard InChI is InChI=1S/C18H22Cl2N4O2S/c1-23(2)22-27(25,26)21-18-7-5-4-6-13(18)15-10-24(3)11-16-14(15)8-12(19)9-17(16)20/h4-9,15,21-22H,10-11H2,1-3H3. The Hall–Kier alpha value is -1.35. The largest absolute Gasteiger partial charge is 0.312 e. The molecule has 0 fully saturated rings. The number of anilines is 1. The molecule has 27 heavy (non-hydrogen) atoms. The molecule has 2 aromatic rings. The Morgan fingerprint density at radius 2 is 1.85 bits per heavy atom. The van der Waals surface area contributed by atoms with E-state index in [1.807, 2.05) is 25.2 Å². The second kappa shape index (κ2) is 7.95. The fraction of sp³-hybridized carbons (Fsp3) is 0.333. The molecule has 0 radical (unpaired) electrons. The summed E-state index contributed by atoms with van der Waals surface area (Å²) < 4.78 is 27.3. The molecule has 2 aromatic carbocycles. The molecule has 0 saturated carbocycles. The second-order valence-corrected chi connectivity index (χ2v) is 9.12. The Kier molecular flexibility index (Phi) is 6.00. The summed E-state index contributed by atoms with van der Waals surface area (Å²) in [5.41, 5.74) is 3.43. The van der Waals surface area contributed by atoms with Gasteiger partial charge in [-0.2, -0.15) is 8.42 Å². The van der Waals surface area contributed by atoms with Crippen LogP contribution in [0.1, 0.15) is 22.6 Å². The molecule has 1 unspecified atom stereocenters. The molecule has 9 heteroatoms. The molecule has 0 saturated heterocycles. The van der Waals surface area contributed by atoms with Gasteiger partial charge in [-0.3, -0.25) is 4.72 Å². The van der Waals surface area contributed by atoms with Crippen molar-refractivity contribution in [1.82, 2.24) is 14.7 Å². The molecule has 6 nitrogen and oxygen atoms in total. The van der Waals surface area contributed by atoms with Crippen molar-refractivity contribution in [1.29, 1.82) is 0 Å². The summed E-state index contributed by atoms with van der Waals surface area (Å²) in [6.07, 6.45) is 0. The van der Waals surface area contributed by atoms with E-state index in [9.17, 15) is 8.42 Å². The zero-order valence-corrected chi connectivity index (χ0v) is 17.7. The van der Waals surface area contributed by atoms with Gasteiger partial charge >= 0.3 is 10.2 Å². The molecule has 1 aliphatic heterocycles. The van der Waals surface area contributed by atoms with Crippen LogP contribution in [0.4, 0.5) is 5.69 Å². The Morgan fingerprint density at radius 1 is 1.15 bits per heavy atom. The number of fused-ring (bicyclic) bond motifs is 1. The number of nitrogens with one attached hydrogen (secondary N) is 2. The van der Waals surface area contributed by atoms with Gasteiger partial charge in [0.2, 0.25) is 0 Å². The normalized spacial score (nSPS) is 17.8. The first-order chi connectivity index (χ1) is 12.7. The summed E-state index contributed by atoms with van der Waals surface area (Å²) in [5.74, 6) is -0.0618. The molecule has 2 N–H and O–H groups in total. The zero-order chi connectivity index (χ0) is 19.8.